The lowest BCUT2D eigenvalue weighted by atomic mass is 10.0. The van der Waals surface area contributed by atoms with Crippen molar-refractivity contribution >= 4 is 39.2 Å². The predicted molar refractivity (Wildman–Crippen MR) is 124 cm³/mol. The van der Waals surface area contributed by atoms with Gasteiger partial charge in [-0.1, -0.05) is 43.0 Å². The maximum atomic E-state index is 14.1. The number of benzene rings is 3. The minimum absolute atomic E-state index is 0.216. The fraction of sp³-hybridized carbons (Fsp3) is 0.0833. The fourth-order valence-electron chi connectivity index (χ4n) is 3.38. The second kappa shape index (κ2) is 8.19. The Hall–Kier alpha value is -2.60. The standard InChI is InChI=1S/C24H20FIN2/c1-16(17-5-4-6-18(13-17)21-7-2-3-8-23(21)25)27-12-11-19-15-28-24-10-9-20(26)14-22(19)24/h2-10,13-15,27-28H,1,11-12H2. The molecule has 0 unspecified atom stereocenters. The van der Waals surface area contributed by atoms with E-state index in [0.717, 1.165) is 35.3 Å². The molecular weight excluding hydrogens is 462 g/mol. The van der Waals surface area contributed by atoms with E-state index in [1.807, 2.05) is 30.3 Å². The van der Waals surface area contributed by atoms with E-state index in [2.05, 4.69) is 63.9 Å². The quantitative estimate of drug-likeness (QED) is 0.307. The van der Waals surface area contributed by atoms with Crippen LogP contribution in [0.5, 0.6) is 0 Å². The Kier molecular flexibility index (Phi) is 5.48. The van der Waals surface area contributed by atoms with Gasteiger partial charge in [0.1, 0.15) is 5.82 Å². The molecule has 28 heavy (non-hydrogen) atoms. The molecule has 0 aliphatic carbocycles. The van der Waals surface area contributed by atoms with Crippen molar-refractivity contribution in [2.24, 2.45) is 0 Å². The number of halogens is 2. The predicted octanol–water partition coefficient (Wildman–Crippen LogP) is 6.38. The average Bonchev–Trinajstić information content (AvgIpc) is 3.10. The van der Waals surface area contributed by atoms with Crippen LogP contribution in [0.2, 0.25) is 0 Å². The number of fused-ring (bicyclic) bond motifs is 1. The zero-order valence-electron chi connectivity index (χ0n) is 15.3. The minimum Gasteiger partial charge on any atom is -0.385 e. The van der Waals surface area contributed by atoms with Crippen molar-refractivity contribution in [3.05, 3.63) is 100 Å². The largest absolute Gasteiger partial charge is 0.385 e. The Morgan fingerprint density at radius 3 is 2.75 bits per heavy atom. The molecule has 140 valence electrons. The van der Waals surface area contributed by atoms with E-state index in [-0.39, 0.29) is 5.82 Å². The molecule has 0 bridgehead atoms. The monoisotopic (exact) mass is 482 g/mol. The Morgan fingerprint density at radius 1 is 1.04 bits per heavy atom. The summed E-state index contributed by atoms with van der Waals surface area (Å²) in [4.78, 5) is 3.33. The summed E-state index contributed by atoms with van der Waals surface area (Å²) in [5.74, 6) is -0.216. The van der Waals surface area contributed by atoms with Gasteiger partial charge >= 0.3 is 0 Å². The van der Waals surface area contributed by atoms with Crippen LogP contribution in [0, 0.1) is 9.39 Å². The lowest BCUT2D eigenvalue weighted by molar-refractivity contribution is 0.631. The summed E-state index contributed by atoms with van der Waals surface area (Å²) < 4.78 is 15.3. The molecule has 3 aromatic carbocycles. The number of aromatic nitrogens is 1. The van der Waals surface area contributed by atoms with E-state index in [4.69, 9.17) is 0 Å². The molecule has 0 fully saturated rings. The van der Waals surface area contributed by atoms with Crippen molar-refractivity contribution in [3.63, 3.8) is 0 Å². The van der Waals surface area contributed by atoms with Crippen LogP contribution in [-0.4, -0.2) is 11.5 Å². The van der Waals surface area contributed by atoms with Crippen LogP contribution < -0.4 is 5.32 Å². The van der Waals surface area contributed by atoms with E-state index >= 15 is 0 Å². The van der Waals surface area contributed by atoms with E-state index in [9.17, 15) is 4.39 Å². The molecule has 0 saturated heterocycles. The smallest absolute Gasteiger partial charge is 0.131 e. The number of H-pyrrole nitrogens is 1. The Balaban J connectivity index is 1.45. The molecule has 0 radical (unpaired) electrons. The Morgan fingerprint density at radius 2 is 1.89 bits per heavy atom. The van der Waals surface area contributed by atoms with E-state index in [1.165, 1.54) is 20.6 Å². The van der Waals surface area contributed by atoms with Gasteiger partial charge in [0, 0.05) is 38.5 Å². The molecule has 4 heteroatoms. The van der Waals surface area contributed by atoms with Crippen molar-refractivity contribution in [1.82, 2.24) is 10.3 Å². The van der Waals surface area contributed by atoms with Gasteiger partial charge in [0.2, 0.25) is 0 Å². The molecule has 2 nitrogen and oxygen atoms in total. The van der Waals surface area contributed by atoms with Crippen LogP contribution in [-0.2, 0) is 6.42 Å². The number of nitrogens with one attached hydrogen (secondary N) is 2. The first-order valence-corrected chi connectivity index (χ1v) is 10.2. The average molecular weight is 482 g/mol. The summed E-state index contributed by atoms with van der Waals surface area (Å²) >= 11 is 2.34. The second-order valence-corrected chi connectivity index (χ2v) is 7.97. The molecule has 1 aromatic heterocycles. The maximum absolute atomic E-state index is 14.1. The first-order chi connectivity index (χ1) is 13.6. The summed E-state index contributed by atoms with van der Waals surface area (Å²) in [6.07, 6.45) is 2.97. The van der Waals surface area contributed by atoms with E-state index in [1.54, 1.807) is 12.1 Å². The molecule has 2 N–H and O–H groups in total. The highest BCUT2D eigenvalue weighted by Gasteiger charge is 2.07. The number of hydrogen-bond donors (Lipinski definition) is 2. The van der Waals surface area contributed by atoms with Crippen LogP contribution in [0.25, 0.3) is 27.7 Å². The number of rotatable bonds is 6. The van der Waals surface area contributed by atoms with Crippen molar-refractivity contribution < 1.29 is 4.39 Å². The van der Waals surface area contributed by atoms with Gasteiger partial charge in [0.15, 0.2) is 0 Å². The molecule has 0 aliphatic rings. The van der Waals surface area contributed by atoms with Crippen LogP contribution in [0.3, 0.4) is 0 Å². The Labute approximate surface area is 177 Å². The third kappa shape index (κ3) is 3.97. The van der Waals surface area contributed by atoms with Crippen LogP contribution in [0.4, 0.5) is 4.39 Å². The summed E-state index contributed by atoms with van der Waals surface area (Å²) in [5.41, 5.74) is 5.71. The van der Waals surface area contributed by atoms with Gasteiger partial charge in [-0.05, 0) is 76.0 Å². The van der Waals surface area contributed by atoms with E-state index < -0.39 is 0 Å². The molecule has 1 heterocycles. The minimum atomic E-state index is -0.216. The Bertz CT molecular complexity index is 1150. The van der Waals surface area contributed by atoms with Crippen LogP contribution >= 0.6 is 22.6 Å². The molecule has 0 amide bonds. The third-order valence-corrected chi connectivity index (χ3v) is 5.53. The van der Waals surface area contributed by atoms with Crippen LogP contribution in [0.1, 0.15) is 11.1 Å². The molecular formula is C24H20FIN2. The number of hydrogen-bond acceptors (Lipinski definition) is 1. The topological polar surface area (TPSA) is 27.8 Å². The van der Waals surface area contributed by atoms with Crippen molar-refractivity contribution in [2.45, 2.75) is 6.42 Å². The number of aromatic amines is 1. The highest BCUT2D eigenvalue weighted by Crippen LogP contribution is 2.25. The lowest BCUT2D eigenvalue weighted by Gasteiger charge is -2.11. The van der Waals surface area contributed by atoms with Crippen molar-refractivity contribution in [1.29, 1.82) is 0 Å². The summed E-state index contributed by atoms with van der Waals surface area (Å²) in [5, 5.41) is 4.67. The van der Waals surface area contributed by atoms with E-state index in [0.29, 0.717) is 5.56 Å². The zero-order valence-corrected chi connectivity index (χ0v) is 17.5. The van der Waals surface area contributed by atoms with Gasteiger partial charge in [0.25, 0.3) is 0 Å². The molecule has 0 atom stereocenters. The second-order valence-electron chi connectivity index (χ2n) is 6.72. The lowest BCUT2D eigenvalue weighted by Crippen LogP contribution is -2.15. The molecule has 0 spiro atoms. The summed E-state index contributed by atoms with van der Waals surface area (Å²) in [6.45, 7) is 4.94. The van der Waals surface area contributed by atoms with Gasteiger partial charge < -0.3 is 10.3 Å². The third-order valence-electron chi connectivity index (χ3n) is 4.86. The molecule has 0 aliphatic heterocycles. The first-order valence-electron chi connectivity index (χ1n) is 9.15. The van der Waals surface area contributed by atoms with Crippen LogP contribution in [0.15, 0.2) is 79.5 Å². The summed E-state index contributed by atoms with van der Waals surface area (Å²) in [7, 11) is 0. The van der Waals surface area contributed by atoms with Gasteiger partial charge in [-0.3, -0.25) is 0 Å². The first kappa shape index (κ1) is 18.7. The summed E-state index contributed by atoms with van der Waals surface area (Å²) in [6, 6.07) is 21.1. The van der Waals surface area contributed by atoms with Gasteiger partial charge in [-0.2, -0.15) is 0 Å². The van der Waals surface area contributed by atoms with Gasteiger partial charge in [-0.25, -0.2) is 4.39 Å². The molecule has 4 rings (SSSR count). The van der Waals surface area contributed by atoms with Gasteiger partial charge in [0.05, 0.1) is 0 Å². The fourth-order valence-corrected chi connectivity index (χ4v) is 3.87. The maximum Gasteiger partial charge on any atom is 0.131 e. The van der Waals surface area contributed by atoms with Crippen molar-refractivity contribution in [2.75, 3.05) is 6.54 Å². The van der Waals surface area contributed by atoms with Crippen molar-refractivity contribution in [3.8, 4) is 11.1 Å². The highest BCUT2D eigenvalue weighted by molar-refractivity contribution is 14.1. The molecule has 4 aromatic rings. The normalized spacial score (nSPS) is 10.9. The zero-order chi connectivity index (χ0) is 19.5. The van der Waals surface area contributed by atoms with Gasteiger partial charge in [-0.15, -0.1) is 0 Å². The highest BCUT2D eigenvalue weighted by atomic mass is 127. The SMILES string of the molecule is C=C(NCCc1c[nH]c2ccc(I)cc12)c1cccc(-c2ccccc2F)c1. The molecule has 0 saturated carbocycles.